The Labute approximate surface area is 61.5 Å². The average Bonchev–Trinajstić information content (AvgIpc) is 1.77. The number of hydrogen-bond acceptors (Lipinski definition) is 2. The maximum atomic E-state index is 10.5. The maximum Gasteiger partial charge on any atom is 0.152 e. The summed E-state index contributed by atoms with van der Waals surface area (Å²) in [6.07, 6.45) is 3.67. The Morgan fingerprint density at radius 1 is 1.60 bits per heavy atom. The Bertz CT molecular complexity index is 157. The molecule has 0 saturated carbocycles. The average molecular weight is 139 g/mol. The van der Waals surface area contributed by atoms with Crippen LogP contribution in [0.15, 0.2) is 12.2 Å². The Hall–Kier alpha value is -0.630. The summed E-state index contributed by atoms with van der Waals surface area (Å²) < 4.78 is 0. The summed E-state index contributed by atoms with van der Waals surface area (Å²) in [7, 11) is 2.08. The first kappa shape index (κ1) is 7.48. The molecule has 2 nitrogen and oxygen atoms in total. The molecule has 0 radical (unpaired) electrons. The summed E-state index contributed by atoms with van der Waals surface area (Å²) in [4.78, 5) is 12.7. The third kappa shape index (κ3) is 1.95. The molecule has 0 aromatic rings. The predicted molar refractivity (Wildman–Crippen MR) is 40.8 cm³/mol. The van der Waals surface area contributed by atoms with Gasteiger partial charge in [0.15, 0.2) is 5.78 Å². The van der Waals surface area contributed by atoms with Gasteiger partial charge in [-0.1, -0.05) is 6.08 Å². The van der Waals surface area contributed by atoms with Gasteiger partial charge in [-0.3, -0.25) is 4.79 Å². The van der Waals surface area contributed by atoms with Crippen molar-refractivity contribution >= 4 is 5.78 Å². The molecule has 0 atom stereocenters. The number of hydrogen-bond donors (Lipinski definition) is 0. The Balaban J connectivity index is 2.21. The van der Waals surface area contributed by atoms with Gasteiger partial charge in [0.25, 0.3) is 0 Å². The molecule has 0 amide bonds. The van der Waals surface area contributed by atoms with Crippen LogP contribution in [0.5, 0.6) is 0 Å². The summed E-state index contributed by atoms with van der Waals surface area (Å²) in [6.45, 7) is 3.78. The summed E-state index contributed by atoms with van der Waals surface area (Å²) in [5, 5.41) is 0. The van der Waals surface area contributed by atoms with E-state index in [9.17, 15) is 4.79 Å². The third-order valence-corrected chi connectivity index (χ3v) is 1.70. The van der Waals surface area contributed by atoms with Crippen LogP contribution in [0.3, 0.4) is 0 Å². The van der Waals surface area contributed by atoms with Crippen molar-refractivity contribution in [3.63, 3.8) is 0 Å². The van der Waals surface area contributed by atoms with E-state index < -0.39 is 0 Å². The van der Waals surface area contributed by atoms with E-state index in [0.717, 1.165) is 13.1 Å². The molecule has 10 heavy (non-hydrogen) atoms. The number of rotatable bonds is 2. The second kappa shape index (κ2) is 2.97. The minimum atomic E-state index is 0.148. The molecule has 0 spiro atoms. The number of nitrogens with zero attached hydrogens (tertiary/aromatic N) is 1. The number of carbonyl (C=O) groups is 1. The highest BCUT2D eigenvalue weighted by Gasteiger charge is 2.19. The number of allylic oxidation sites excluding steroid dienone is 1. The van der Waals surface area contributed by atoms with Crippen LogP contribution < -0.4 is 0 Å². The molecule has 0 bridgehead atoms. The van der Waals surface area contributed by atoms with E-state index in [1.54, 1.807) is 13.0 Å². The molecule has 56 valence electrons. The molecule has 2 heteroatoms. The van der Waals surface area contributed by atoms with Gasteiger partial charge < -0.3 is 4.90 Å². The number of carbonyl (C=O) groups excluding carboxylic acids is 1. The molecule has 0 unspecified atom stereocenters. The molecule has 0 aromatic carbocycles. The molecule has 0 N–H and O–H groups in total. The van der Waals surface area contributed by atoms with Crippen LogP contribution in [0.4, 0.5) is 0 Å². The third-order valence-electron chi connectivity index (χ3n) is 1.70. The van der Waals surface area contributed by atoms with E-state index in [4.69, 9.17) is 0 Å². The molecular weight excluding hydrogens is 126 g/mol. The summed E-state index contributed by atoms with van der Waals surface area (Å²) in [5.74, 6) is 0.767. The topological polar surface area (TPSA) is 20.3 Å². The van der Waals surface area contributed by atoms with Gasteiger partial charge in [-0.05, 0) is 20.0 Å². The predicted octanol–water partition coefficient (Wildman–Crippen LogP) is 0.693. The van der Waals surface area contributed by atoms with Gasteiger partial charge >= 0.3 is 0 Å². The van der Waals surface area contributed by atoms with Crippen molar-refractivity contribution in [2.75, 3.05) is 20.1 Å². The lowest BCUT2D eigenvalue weighted by Crippen LogP contribution is -2.42. The van der Waals surface area contributed by atoms with E-state index in [1.807, 2.05) is 6.08 Å². The summed E-state index contributed by atoms with van der Waals surface area (Å²) in [5.41, 5.74) is 0. The lowest BCUT2D eigenvalue weighted by molar-refractivity contribution is -0.112. The van der Waals surface area contributed by atoms with Crippen LogP contribution in [0.1, 0.15) is 6.92 Å². The fourth-order valence-electron chi connectivity index (χ4n) is 1.14. The van der Waals surface area contributed by atoms with Gasteiger partial charge in [-0.2, -0.15) is 0 Å². The van der Waals surface area contributed by atoms with E-state index in [0.29, 0.717) is 5.92 Å². The monoisotopic (exact) mass is 139 g/mol. The molecule has 1 rings (SSSR count). The fourth-order valence-corrected chi connectivity index (χ4v) is 1.14. The quantitative estimate of drug-likeness (QED) is 0.525. The first-order valence-electron chi connectivity index (χ1n) is 3.56. The number of ketones is 1. The van der Waals surface area contributed by atoms with Crippen LogP contribution in [0.2, 0.25) is 0 Å². The normalized spacial score (nSPS) is 21.4. The summed E-state index contributed by atoms with van der Waals surface area (Å²) >= 11 is 0. The van der Waals surface area contributed by atoms with Gasteiger partial charge in [0.05, 0.1) is 0 Å². The molecule has 1 heterocycles. The maximum absolute atomic E-state index is 10.5. The van der Waals surface area contributed by atoms with E-state index in [1.165, 1.54) is 0 Å². The van der Waals surface area contributed by atoms with Crippen LogP contribution in [-0.2, 0) is 4.79 Å². The van der Waals surface area contributed by atoms with Crippen molar-refractivity contribution < 1.29 is 4.79 Å². The Morgan fingerprint density at radius 2 is 2.20 bits per heavy atom. The largest absolute Gasteiger partial charge is 0.305 e. The van der Waals surface area contributed by atoms with Crippen molar-refractivity contribution in [1.29, 1.82) is 0 Å². The molecule has 1 saturated heterocycles. The first-order valence-corrected chi connectivity index (χ1v) is 3.56. The molecule has 0 aromatic heterocycles. The van der Waals surface area contributed by atoms with Crippen LogP contribution in [0, 0.1) is 5.92 Å². The zero-order chi connectivity index (χ0) is 7.56. The minimum absolute atomic E-state index is 0.148. The van der Waals surface area contributed by atoms with Crippen LogP contribution in [-0.4, -0.2) is 30.8 Å². The van der Waals surface area contributed by atoms with Crippen molar-refractivity contribution in [3.8, 4) is 0 Å². The lowest BCUT2D eigenvalue weighted by atomic mass is 10.0. The van der Waals surface area contributed by atoms with Crippen molar-refractivity contribution in [1.82, 2.24) is 4.90 Å². The van der Waals surface area contributed by atoms with Crippen LogP contribution >= 0.6 is 0 Å². The Kier molecular flexibility index (Phi) is 2.22. The van der Waals surface area contributed by atoms with E-state index in [-0.39, 0.29) is 5.78 Å². The summed E-state index contributed by atoms with van der Waals surface area (Å²) in [6, 6.07) is 0. The second-order valence-electron chi connectivity index (χ2n) is 2.95. The smallest absolute Gasteiger partial charge is 0.152 e. The highest BCUT2D eigenvalue weighted by molar-refractivity contribution is 5.87. The first-order chi connectivity index (χ1) is 4.68. The molecule has 1 fully saturated rings. The van der Waals surface area contributed by atoms with E-state index in [2.05, 4.69) is 11.9 Å². The van der Waals surface area contributed by atoms with Gasteiger partial charge in [-0.25, -0.2) is 0 Å². The highest BCUT2D eigenvalue weighted by atomic mass is 16.1. The van der Waals surface area contributed by atoms with Crippen molar-refractivity contribution in [3.05, 3.63) is 12.2 Å². The van der Waals surface area contributed by atoms with Crippen molar-refractivity contribution in [2.24, 2.45) is 5.92 Å². The van der Waals surface area contributed by atoms with Crippen LogP contribution in [0.25, 0.3) is 0 Å². The minimum Gasteiger partial charge on any atom is -0.305 e. The SMILES string of the molecule is CC(=O)/C=C/C1CN(C)C1. The Morgan fingerprint density at radius 3 is 2.60 bits per heavy atom. The van der Waals surface area contributed by atoms with E-state index >= 15 is 0 Å². The molecule has 0 aliphatic carbocycles. The molecule has 1 aliphatic rings. The van der Waals surface area contributed by atoms with Crippen molar-refractivity contribution in [2.45, 2.75) is 6.92 Å². The van der Waals surface area contributed by atoms with Gasteiger partial charge in [0.2, 0.25) is 0 Å². The zero-order valence-electron chi connectivity index (χ0n) is 6.50. The lowest BCUT2D eigenvalue weighted by Gasteiger charge is -2.33. The number of likely N-dealkylation sites (tertiary alicyclic amines) is 1. The van der Waals surface area contributed by atoms with Gasteiger partial charge in [0.1, 0.15) is 0 Å². The zero-order valence-corrected chi connectivity index (χ0v) is 6.50. The molecule has 1 aliphatic heterocycles. The molecular formula is C8H13NO. The fraction of sp³-hybridized carbons (Fsp3) is 0.625. The second-order valence-corrected chi connectivity index (χ2v) is 2.95. The highest BCUT2D eigenvalue weighted by Crippen LogP contribution is 2.13. The van der Waals surface area contributed by atoms with Gasteiger partial charge in [-0.15, -0.1) is 0 Å². The standard InChI is InChI=1S/C8H13NO/c1-7(10)3-4-8-5-9(2)6-8/h3-4,8H,5-6H2,1-2H3/b4-3+. The van der Waals surface area contributed by atoms with Gasteiger partial charge in [0, 0.05) is 19.0 Å².